The van der Waals surface area contributed by atoms with Gasteiger partial charge >= 0.3 is 6.09 Å². The molecule has 0 aliphatic heterocycles. The summed E-state index contributed by atoms with van der Waals surface area (Å²) in [6.07, 6.45) is -0.438. The Bertz CT molecular complexity index is 415. The van der Waals surface area contributed by atoms with Crippen molar-refractivity contribution in [3.8, 4) is 0 Å². The SMILES string of the molecule is CC(C)(C)OC(=O)NCc1ccc(I)cc1Cl. The summed E-state index contributed by atoms with van der Waals surface area (Å²) in [6.45, 7) is 5.84. The summed E-state index contributed by atoms with van der Waals surface area (Å²) < 4.78 is 6.19. The van der Waals surface area contributed by atoms with Crippen molar-refractivity contribution in [2.45, 2.75) is 32.9 Å². The van der Waals surface area contributed by atoms with Crippen molar-refractivity contribution in [1.82, 2.24) is 5.32 Å². The van der Waals surface area contributed by atoms with Gasteiger partial charge in [-0.15, -0.1) is 0 Å². The van der Waals surface area contributed by atoms with Crippen LogP contribution in [-0.2, 0) is 11.3 Å². The Morgan fingerprint density at radius 1 is 1.47 bits per heavy atom. The van der Waals surface area contributed by atoms with Gasteiger partial charge in [0.25, 0.3) is 0 Å². The van der Waals surface area contributed by atoms with Crippen LogP contribution in [0.2, 0.25) is 5.02 Å². The molecule has 1 aromatic rings. The van der Waals surface area contributed by atoms with Crippen LogP contribution in [0.25, 0.3) is 0 Å². The van der Waals surface area contributed by atoms with E-state index < -0.39 is 11.7 Å². The Labute approximate surface area is 120 Å². The molecule has 0 unspecified atom stereocenters. The molecule has 0 saturated carbocycles. The largest absolute Gasteiger partial charge is 0.444 e. The van der Waals surface area contributed by atoms with Crippen LogP contribution >= 0.6 is 34.2 Å². The first kappa shape index (κ1) is 14.6. The van der Waals surface area contributed by atoms with Crippen LogP contribution in [0.4, 0.5) is 4.79 Å². The lowest BCUT2D eigenvalue weighted by Gasteiger charge is -2.19. The van der Waals surface area contributed by atoms with Crippen LogP contribution in [0.15, 0.2) is 18.2 Å². The topological polar surface area (TPSA) is 38.3 Å². The van der Waals surface area contributed by atoms with Gasteiger partial charge in [-0.05, 0) is 61.1 Å². The van der Waals surface area contributed by atoms with Gasteiger partial charge in [-0.25, -0.2) is 4.79 Å². The van der Waals surface area contributed by atoms with Crippen LogP contribution < -0.4 is 5.32 Å². The second kappa shape index (κ2) is 5.91. The smallest absolute Gasteiger partial charge is 0.407 e. The first-order valence-corrected chi connectivity index (χ1v) is 6.64. The van der Waals surface area contributed by atoms with Gasteiger partial charge < -0.3 is 10.1 Å². The quantitative estimate of drug-likeness (QED) is 0.803. The van der Waals surface area contributed by atoms with Crippen LogP contribution in [-0.4, -0.2) is 11.7 Å². The Morgan fingerprint density at radius 3 is 2.65 bits per heavy atom. The normalized spacial score (nSPS) is 11.1. The first-order valence-electron chi connectivity index (χ1n) is 5.19. The second-order valence-corrected chi connectivity index (χ2v) is 6.24. The maximum atomic E-state index is 11.4. The third-order valence-corrected chi connectivity index (χ3v) is 2.86. The molecule has 0 aromatic heterocycles. The summed E-state index contributed by atoms with van der Waals surface area (Å²) in [5.41, 5.74) is 0.387. The molecule has 5 heteroatoms. The van der Waals surface area contributed by atoms with E-state index >= 15 is 0 Å². The lowest BCUT2D eigenvalue weighted by atomic mass is 10.2. The Kier molecular flexibility index (Phi) is 5.06. The number of hydrogen-bond acceptors (Lipinski definition) is 2. The van der Waals surface area contributed by atoms with Crippen LogP contribution in [0, 0.1) is 3.57 Å². The minimum atomic E-state index is -0.486. The molecule has 1 aromatic carbocycles. The fourth-order valence-electron chi connectivity index (χ4n) is 1.15. The third kappa shape index (κ3) is 5.59. The highest BCUT2D eigenvalue weighted by atomic mass is 127. The molecular formula is C12H15ClINO2. The van der Waals surface area contributed by atoms with E-state index in [1.165, 1.54) is 0 Å². The zero-order valence-electron chi connectivity index (χ0n) is 10.0. The number of hydrogen-bond donors (Lipinski definition) is 1. The van der Waals surface area contributed by atoms with Crippen molar-refractivity contribution < 1.29 is 9.53 Å². The lowest BCUT2D eigenvalue weighted by molar-refractivity contribution is 0.0523. The van der Waals surface area contributed by atoms with E-state index in [0.29, 0.717) is 11.6 Å². The molecule has 0 fully saturated rings. The van der Waals surface area contributed by atoms with Crippen molar-refractivity contribution in [1.29, 1.82) is 0 Å². The molecular weight excluding hydrogens is 352 g/mol. The maximum Gasteiger partial charge on any atom is 0.407 e. The molecule has 0 saturated heterocycles. The Balaban J connectivity index is 2.53. The molecule has 0 aliphatic rings. The third-order valence-electron chi connectivity index (χ3n) is 1.84. The molecule has 0 bridgehead atoms. The summed E-state index contributed by atoms with van der Waals surface area (Å²) in [6, 6.07) is 5.69. The molecule has 0 aliphatic carbocycles. The van der Waals surface area contributed by atoms with Gasteiger partial charge in [-0.3, -0.25) is 0 Å². The van der Waals surface area contributed by atoms with E-state index in [4.69, 9.17) is 16.3 Å². The van der Waals surface area contributed by atoms with Gasteiger partial charge in [0.2, 0.25) is 0 Å². The summed E-state index contributed by atoms with van der Waals surface area (Å²) >= 11 is 8.23. The van der Waals surface area contributed by atoms with Gasteiger partial charge in [-0.2, -0.15) is 0 Å². The number of carbonyl (C=O) groups excluding carboxylic acids is 1. The Morgan fingerprint density at radius 2 is 2.12 bits per heavy atom. The monoisotopic (exact) mass is 367 g/mol. The second-order valence-electron chi connectivity index (χ2n) is 4.59. The molecule has 0 atom stereocenters. The molecule has 94 valence electrons. The zero-order chi connectivity index (χ0) is 13.1. The minimum absolute atomic E-state index is 0.366. The fraction of sp³-hybridized carbons (Fsp3) is 0.417. The zero-order valence-corrected chi connectivity index (χ0v) is 12.9. The van der Waals surface area contributed by atoms with E-state index in [-0.39, 0.29) is 0 Å². The van der Waals surface area contributed by atoms with Crippen molar-refractivity contribution in [3.05, 3.63) is 32.4 Å². The standard InChI is InChI=1S/C12H15ClINO2/c1-12(2,3)17-11(16)15-7-8-4-5-9(14)6-10(8)13/h4-6H,7H2,1-3H3,(H,15,16). The molecule has 0 radical (unpaired) electrons. The van der Waals surface area contributed by atoms with E-state index in [1.54, 1.807) is 0 Å². The van der Waals surface area contributed by atoms with Gasteiger partial charge in [0.1, 0.15) is 5.60 Å². The van der Waals surface area contributed by atoms with Crippen LogP contribution in [0.3, 0.4) is 0 Å². The Hall–Kier alpha value is -0.490. The predicted octanol–water partition coefficient (Wildman–Crippen LogP) is 3.97. The van der Waals surface area contributed by atoms with Crippen molar-refractivity contribution >= 4 is 40.3 Å². The minimum Gasteiger partial charge on any atom is -0.444 e. The number of alkyl carbamates (subject to hydrolysis) is 1. The molecule has 1 N–H and O–H groups in total. The predicted molar refractivity (Wildman–Crippen MR) is 77.2 cm³/mol. The number of nitrogens with one attached hydrogen (secondary N) is 1. The number of benzene rings is 1. The number of halogens is 2. The number of amides is 1. The van der Waals surface area contributed by atoms with E-state index in [9.17, 15) is 4.79 Å². The van der Waals surface area contributed by atoms with Gasteiger partial charge in [0.15, 0.2) is 0 Å². The summed E-state index contributed by atoms with van der Waals surface area (Å²) in [5.74, 6) is 0. The van der Waals surface area contributed by atoms with E-state index in [2.05, 4.69) is 27.9 Å². The average molecular weight is 368 g/mol. The van der Waals surface area contributed by atoms with Gasteiger partial charge in [0.05, 0.1) is 0 Å². The molecule has 0 spiro atoms. The lowest BCUT2D eigenvalue weighted by Crippen LogP contribution is -2.32. The van der Waals surface area contributed by atoms with E-state index in [0.717, 1.165) is 9.13 Å². The van der Waals surface area contributed by atoms with E-state index in [1.807, 2.05) is 39.0 Å². The number of carbonyl (C=O) groups is 1. The fourth-order valence-corrected chi connectivity index (χ4v) is 2.07. The molecule has 0 heterocycles. The summed E-state index contributed by atoms with van der Waals surface area (Å²) in [5, 5.41) is 3.31. The highest BCUT2D eigenvalue weighted by molar-refractivity contribution is 14.1. The van der Waals surface area contributed by atoms with Crippen molar-refractivity contribution in [3.63, 3.8) is 0 Å². The molecule has 1 rings (SSSR count). The van der Waals surface area contributed by atoms with Crippen LogP contribution in [0.1, 0.15) is 26.3 Å². The molecule has 1 amide bonds. The number of rotatable bonds is 2. The molecule has 3 nitrogen and oxygen atoms in total. The van der Waals surface area contributed by atoms with Gasteiger partial charge in [-0.1, -0.05) is 17.7 Å². The maximum absolute atomic E-state index is 11.4. The van der Waals surface area contributed by atoms with Gasteiger partial charge in [0, 0.05) is 15.1 Å². The first-order chi connectivity index (χ1) is 7.78. The van der Waals surface area contributed by atoms with Crippen molar-refractivity contribution in [2.75, 3.05) is 0 Å². The van der Waals surface area contributed by atoms with Crippen molar-refractivity contribution in [2.24, 2.45) is 0 Å². The number of ether oxygens (including phenoxy) is 1. The summed E-state index contributed by atoms with van der Waals surface area (Å²) in [4.78, 5) is 11.4. The molecule has 17 heavy (non-hydrogen) atoms. The van der Waals surface area contributed by atoms with Crippen LogP contribution in [0.5, 0.6) is 0 Å². The summed E-state index contributed by atoms with van der Waals surface area (Å²) in [7, 11) is 0. The highest BCUT2D eigenvalue weighted by Crippen LogP contribution is 2.19. The average Bonchev–Trinajstić information content (AvgIpc) is 2.13. The highest BCUT2D eigenvalue weighted by Gasteiger charge is 2.15.